The van der Waals surface area contributed by atoms with E-state index in [1.54, 1.807) is 0 Å². The highest BCUT2D eigenvalue weighted by Crippen LogP contribution is 2.11. The summed E-state index contributed by atoms with van der Waals surface area (Å²) in [5.74, 6) is -1.56. The minimum absolute atomic E-state index is 0.186. The molecule has 0 fully saturated rings. The first-order valence-electron chi connectivity index (χ1n) is 5.62. The van der Waals surface area contributed by atoms with Crippen LogP contribution in [-0.4, -0.2) is 18.1 Å². The topological polar surface area (TPSA) is 38.3 Å². The van der Waals surface area contributed by atoms with E-state index < -0.39 is 17.2 Å². The van der Waals surface area contributed by atoms with Crippen molar-refractivity contribution in [2.75, 3.05) is 6.61 Å². The summed E-state index contributed by atoms with van der Waals surface area (Å²) in [5, 5.41) is 3.05. The second-order valence-corrected chi connectivity index (χ2v) is 4.75. The highest BCUT2D eigenvalue weighted by molar-refractivity contribution is 5.65. The second kappa shape index (κ2) is 5.91. The Labute approximate surface area is 105 Å². The van der Waals surface area contributed by atoms with Gasteiger partial charge in [0.05, 0.1) is 0 Å². The van der Waals surface area contributed by atoms with Crippen LogP contribution in [0.5, 0.6) is 0 Å². The van der Waals surface area contributed by atoms with Gasteiger partial charge in [0.2, 0.25) is 0 Å². The number of carbonyl (C=O) groups is 1. The second-order valence-electron chi connectivity index (χ2n) is 4.75. The average molecular weight is 257 g/mol. The van der Waals surface area contributed by atoms with Crippen molar-refractivity contribution in [2.24, 2.45) is 0 Å². The number of hydrogen-bond donors (Lipinski definition) is 1. The lowest BCUT2D eigenvalue weighted by atomic mass is 10.1. The van der Waals surface area contributed by atoms with Crippen LogP contribution in [0, 0.1) is 11.6 Å². The SMILES string of the molecule is CC(=O)OCC(C)(C)NCc1ccc(F)cc1F. The molecule has 0 radical (unpaired) electrons. The van der Waals surface area contributed by atoms with E-state index in [0.29, 0.717) is 5.56 Å². The van der Waals surface area contributed by atoms with Gasteiger partial charge >= 0.3 is 5.97 Å². The van der Waals surface area contributed by atoms with Crippen molar-refractivity contribution in [1.29, 1.82) is 0 Å². The smallest absolute Gasteiger partial charge is 0.302 e. The number of rotatable bonds is 5. The van der Waals surface area contributed by atoms with Crippen LogP contribution in [0.2, 0.25) is 0 Å². The van der Waals surface area contributed by atoms with E-state index in [2.05, 4.69) is 5.32 Å². The molecule has 3 nitrogen and oxygen atoms in total. The Kier molecular flexibility index (Phi) is 4.78. The van der Waals surface area contributed by atoms with E-state index in [-0.39, 0.29) is 19.1 Å². The molecular weight excluding hydrogens is 240 g/mol. The fourth-order valence-electron chi connectivity index (χ4n) is 1.33. The Balaban J connectivity index is 2.55. The molecule has 0 heterocycles. The summed E-state index contributed by atoms with van der Waals surface area (Å²) in [7, 11) is 0. The van der Waals surface area contributed by atoms with E-state index in [1.807, 2.05) is 13.8 Å². The summed E-state index contributed by atoms with van der Waals surface area (Å²) in [6.45, 7) is 5.41. The highest BCUT2D eigenvalue weighted by Gasteiger charge is 2.19. The zero-order valence-corrected chi connectivity index (χ0v) is 10.7. The number of esters is 1. The molecule has 1 N–H and O–H groups in total. The van der Waals surface area contributed by atoms with Crippen molar-refractivity contribution in [3.05, 3.63) is 35.4 Å². The first-order chi connectivity index (χ1) is 8.30. The highest BCUT2D eigenvalue weighted by atomic mass is 19.1. The number of carbonyl (C=O) groups excluding carboxylic acids is 1. The number of halogens is 2. The molecule has 100 valence electrons. The molecule has 0 aliphatic heterocycles. The van der Waals surface area contributed by atoms with Gasteiger partial charge in [0.15, 0.2) is 0 Å². The monoisotopic (exact) mass is 257 g/mol. The number of hydrogen-bond acceptors (Lipinski definition) is 3. The molecule has 0 amide bonds. The molecule has 1 aromatic carbocycles. The average Bonchev–Trinajstić information content (AvgIpc) is 2.25. The molecule has 0 aliphatic rings. The van der Waals surface area contributed by atoms with E-state index in [4.69, 9.17) is 4.74 Å². The number of ether oxygens (including phenoxy) is 1. The summed E-state index contributed by atoms with van der Waals surface area (Å²) in [6, 6.07) is 3.44. The predicted molar refractivity (Wildman–Crippen MR) is 63.9 cm³/mol. The normalized spacial score (nSPS) is 11.4. The van der Waals surface area contributed by atoms with E-state index >= 15 is 0 Å². The third-order valence-electron chi connectivity index (χ3n) is 2.41. The summed E-state index contributed by atoms with van der Waals surface area (Å²) in [6.07, 6.45) is 0. The van der Waals surface area contributed by atoms with Crippen LogP contribution in [0.25, 0.3) is 0 Å². The Hall–Kier alpha value is -1.49. The molecule has 18 heavy (non-hydrogen) atoms. The van der Waals surface area contributed by atoms with Crippen LogP contribution in [0.1, 0.15) is 26.3 Å². The first-order valence-corrected chi connectivity index (χ1v) is 5.62. The molecule has 0 aromatic heterocycles. The lowest BCUT2D eigenvalue weighted by Crippen LogP contribution is -2.43. The van der Waals surface area contributed by atoms with Gasteiger partial charge in [-0.1, -0.05) is 6.07 Å². The zero-order chi connectivity index (χ0) is 13.8. The number of nitrogens with one attached hydrogen (secondary N) is 1. The molecule has 1 aromatic rings. The van der Waals surface area contributed by atoms with E-state index in [1.165, 1.54) is 19.1 Å². The Bertz CT molecular complexity index is 433. The molecule has 0 saturated heterocycles. The van der Waals surface area contributed by atoms with Crippen molar-refractivity contribution >= 4 is 5.97 Å². The molecule has 0 bridgehead atoms. The summed E-state index contributed by atoms with van der Waals surface area (Å²) >= 11 is 0. The van der Waals surface area contributed by atoms with Gasteiger partial charge < -0.3 is 10.1 Å². The molecule has 0 spiro atoms. The van der Waals surface area contributed by atoms with Crippen LogP contribution in [0.3, 0.4) is 0 Å². The van der Waals surface area contributed by atoms with E-state index in [9.17, 15) is 13.6 Å². The van der Waals surface area contributed by atoms with Gasteiger partial charge in [-0.25, -0.2) is 8.78 Å². The molecule has 0 atom stereocenters. The lowest BCUT2D eigenvalue weighted by molar-refractivity contribution is -0.142. The van der Waals surface area contributed by atoms with Gasteiger partial charge in [-0.15, -0.1) is 0 Å². The molecule has 0 saturated carbocycles. The van der Waals surface area contributed by atoms with Gasteiger partial charge in [0, 0.05) is 30.6 Å². The summed E-state index contributed by atoms with van der Waals surface area (Å²) in [4.78, 5) is 10.7. The Morgan fingerprint density at radius 1 is 1.39 bits per heavy atom. The fourth-order valence-corrected chi connectivity index (χ4v) is 1.33. The van der Waals surface area contributed by atoms with Crippen molar-refractivity contribution < 1.29 is 18.3 Å². The fraction of sp³-hybridized carbons (Fsp3) is 0.462. The minimum Gasteiger partial charge on any atom is -0.464 e. The van der Waals surface area contributed by atoms with E-state index in [0.717, 1.165) is 6.07 Å². The van der Waals surface area contributed by atoms with Crippen LogP contribution < -0.4 is 5.32 Å². The minimum atomic E-state index is -0.601. The van der Waals surface area contributed by atoms with Crippen LogP contribution in [0.15, 0.2) is 18.2 Å². The quantitative estimate of drug-likeness (QED) is 0.823. The van der Waals surface area contributed by atoms with Crippen molar-refractivity contribution in [3.8, 4) is 0 Å². The van der Waals surface area contributed by atoms with Crippen molar-refractivity contribution in [2.45, 2.75) is 32.9 Å². The van der Waals surface area contributed by atoms with Crippen LogP contribution in [-0.2, 0) is 16.1 Å². The Morgan fingerprint density at radius 3 is 2.61 bits per heavy atom. The summed E-state index contributed by atoms with van der Waals surface area (Å²) in [5.41, 5.74) is -0.112. The van der Waals surface area contributed by atoms with Crippen molar-refractivity contribution in [3.63, 3.8) is 0 Å². The van der Waals surface area contributed by atoms with Crippen LogP contribution in [0.4, 0.5) is 8.78 Å². The number of benzene rings is 1. The molecular formula is C13H17F2NO2. The molecule has 5 heteroatoms. The van der Waals surface area contributed by atoms with Gasteiger partial charge in [0.25, 0.3) is 0 Å². The predicted octanol–water partition coefficient (Wildman–Crippen LogP) is 2.40. The van der Waals surface area contributed by atoms with Crippen LogP contribution >= 0.6 is 0 Å². The lowest BCUT2D eigenvalue weighted by Gasteiger charge is -2.25. The maximum Gasteiger partial charge on any atom is 0.302 e. The third kappa shape index (κ3) is 4.79. The van der Waals surface area contributed by atoms with Gasteiger partial charge in [-0.2, -0.15) is 0 Å². The van der Waals surface area contributed by atoms with Crippen molar-refractivity contribution in [1.82, 2.24) is 5.32 Å². The molecule has 0 aliphatic carbocycles. The first kappa shape index (κ1) is 14.6. The van der Waals surface area contributed by atoms with Gasteiger partial charge in [0.1, 0.15) is 18.2 Å². The maximum atomic E-state index is 13.4. The maximum absolute atomic E-state index is 13.4. The molecule has 0 unspecified atom stereocenters. The standard InChI is InChI=1S/C13H17F2NO2/c1-9(17)18-8-13(2,3)16-7-10-4-5-11(14)6-12(10)15/h4-6,16H,7-8H2,1-3H3. The summed E-state index contributed by atoms with van der Waals surface area (Å²) < 4.78 is 31.0. The molecule has 1 rings (SSSR count). The van der Waals surface area contributed by atoms with Gasteiger partial charge in [-0.05, 0) is 19.9 Å². The third-order valence-corrected chi connectivity index (χ3v) is 2.41. The Morgan fingerprint density at radius 2 is 2.06 bits per heavy atom. The zero-order valence-electron chi connectivity index (χ0n) is 10.7. The van der Waals surface area contributed by atoms with Gasteiger partial charge in [-0.3, -0.25) is 4.79 Å². The largest absolute Gasteiger partial charge is 0.464 e.